The summed E-state index contributed by atoms with van der Waals surface area (Å²) < 4.78 is 11.5. The molecule has 5 heteroatoms. The van der Waals surface area contributed by atoms with Crippen LogP contribution in [0.3, 0.4) is 0 Å². The fourth-order valence-electron chi connectivity index (χ4n) is 2.65. The molecular weight excluding hydrogens is 286 g/mol. The molecule has 1 aromatic carbocycles. The minimum absolute atomic E-state index is 0.147. The van der Waals surface area contributed by atoms with Gasteiger partial charge >= 0.3 is 0 Å². The zero-order chi connectivity index (χ0) is 12.0. The summed E-state index contributed by atoms with van der Waals surface area (Å²) >= 11 is 3.35. The van der Waals surface area contributed by atoms with Crippen LogP contribution in [0.5, 0.6) is 17.2 Å². The quantitative estimate of drug-likeness (QED) is 0.879. The molecule has 1 aliphatic heterocycles. The Balaban J connectivity index is 2.21. The molecule has 2 aliphatic rings. The molecule has 1 saturated carbocycles. The highest BCUT2D eigenvalue weighted by Gasteiger charge is 2.44. The third-order valence-corrected chi connectivity index (χ3v) is 4.43. The summed E-state index contributed by atoms with van der Waals surface area (Å²) in [5, 5.41) is 10.3. The molecule has 1 aliphatic carbocycles. The van der Waals surface area contributed by atoms with E-state index in [4.69, 9.17) is 15.2 Å². The Bertz CT molecular complexity index is 466. The maximum atomic E-state index is 10.3. The second-order valence-corrected chi connectivity index (χ2v) is 5.51. The van der Waals surface area contributed by atoms with Crippen molar-refractivity contribution >= 4 is 15.9 Å². The highest BCUT2D eigenvalue weighted by molar-refractivity contribution is 9.10. The van der Waals surface area contributed by atoms with Gasteiger partial charge in [0, 0.05) is 23.6 Å². The first-order valence-electron chi connectivity index (χ1n) is 5.69. The molecule has 0 saturated heterocycles. The molecule has 0 amide bonds. The summed E-state index contributed by atoms with van der Waals surface area (Å²) in [6, 6.07) is 1.74. The average molecular weight is 300 g/mol. The number of hydrogen-bond acceptors (Lipinski definition) is 4. The van der Waals surface area contributed by atoms with Crippen molar-refractivity contribution in [1.82, 2.24) is 0 Å². The van der Waals surface area contributed by atoms with Crippen LogP contribution in [0.4, 0.5) is 0 Å². The Morgan fingerprint density at radius 2 is 2.18 bits per heavy atom. The van der Waals surface area contributed by atoms with Gasteiger partial charge in [-0.15, -0.1) is 0 Å². The van der Waals surface area contributed by atoms with E-state index in [1.54, 1.807) is 6.07 Å². The lowest BCUT2D eigenvalue weighted by molar-refractivity contribution is 0.168. The van der Waals surface area contributed by atoms with E-state index < -0.39 is 0 Å². The maximum Gasteiger partial charge on any atom is 0.231 e. The average Bonchev–Trinajstić information content (AvgIpc) is 2.69. The summed E-state index contributed by atoms with van der Waals surface area (Å²) in [5.41, 5.74) is 6.56. The van der Waals surface area contributed by atoms with Crippen LogP contribution in [-0.4, -0.2) is 18.4 Å². The normalized spacial score (nSPS) is 20.1. The lowest BCUT2D eigenvalue weighted by Gasteiger charge is -2.42. The second kappa shape index (κ2) is 3.78. The van der Waals surface area contributed by atoms with Gasteiger partial charge in [0.1, 0.15) is 5.75 Å². The first-order valence-corrected chi connectivity index (χ1v) is 6.49. The predicted molar refractivity (Wildman–Crippen MR) is 66.5 cm³/mol. The van der Waals surface area contributed by atoms with Crippen molar-refractivity contribution in [3.8, 4) is 17.2 Å². The smallest absolute Gasteiger partial charge is 0.231 e. The molecule has 92 valence electrons. The Morgan fingerprint density at radius 3 is 2.76 bits per heavy atom. The number of nitrogens with two attached hydrogens (primary N) is 1. The van der Waals surface area contributed by atoms with E-state index >= 15 is 0 Å². The maximum absolute atomic E-state index is 10.3. The van der Waals surface area contributed by atoms with E-state index in [0.29, 0.717) is 22.5 Å². The molecule has 1 aromatic rings. The van der Waals surface area contributed by atoms with Crippen molar-refractivity contribution in [2.24, 2.45) is 5.73 Å². The van der Waals surface area contributed by atoms with Gasteiger partial charge in [0.2, 0.25) is 6.79 Å². The standard InChI is InChI=1S/C12H14BrNO3/c13-7-4-8-11(17-6-16-8)9(10(7)15)12(5-14)2-1-3-12/h4,15H,1-3,5-6,14H2. The SMILES string of the molecule is NCC1(c2c(O)c(Br)cc3c2OCO3)CCC1. The fourth-order valence-corrected chi connectivity index (χ4v) is 3.06. The van der Waals surface area contributed by atoms with Gasteiger partial charge in [0.25, 0.3) is 0 Å². The zero-order valence-electron chi connectivity index (χ0n) is 9.33. The molecule has 3 N–H and O–H groups in total. The van der Waals surface area contributed by atoms with Crippen LogP contribution < -0.4 is 15.2 Å². The van der Waals surface area contributed by atoms with Crippen LogP contribution in [0.2, 0.25) is 0 Å². The Hall–Kier alpha value is -0.940. The highest BCUT2D eigenvalue weighted by atomic mass is 79.9. The molecule has 1 fully saturated rings. The monoisotopic (exact) mass is 299 g/mol. The van der Waals surface area contributed by atoms with Crippen molar-refractivity contribution in [3.63, 3.8) is 0 Å². The third kappa shape index (κ3) is 1.45. The summed E-state index contributed by atoms with van der Waals surface area (Å²) in [4.78, 5) is 0. The van der Waals surface area contributed by atoms with Crippen LogP contribution in [0.1, 0.15) is 24.8 Å². The van der Waals surface area contributed by atoms with Gasteiger partial charge in [-0.1, -0.05) is 6.42 Å². The molecule has 4 nitrogen and oxygen atoms in total. The van der Waals surface area contributed by atoms with Crippen LogP contribution in [0, 0.1) is 0 Å². The minimum atomic E-state index is -0.147. The van der Waals surface area contributed by atoms with E-state index in [0.717, 1.165) is 24.8 Å². The van der Waals surface area contributed by atoms with Crippen molar-refractivity contribution in [2.45, 2.75) is 24.7 Å². The van der Waals surface area contributed by atoms with Crippen molar-refractivity contribution in [1.29, 1.82) is 0 Å². The lowest BCUT2D eigenvalue weighted by atomic mass is 9.64. The summed E-state index contributed by atoms with van der Waals surface area (Å²) in [6.07, 6.45) is 3.12. The number of benzene rings is 1. The molecular formula is C12H14BrNO3. The highest BCUT2D eigenvalue weighted by Crippen LogP contribution is 2.55. The van der Waals surface area contributed by atoms with Gasteiger partial charge in [0.05, 0.1) is 4.47 Å². The Morgan fingerprint density at radius 1 is 1.41 bits per heavy atom. The number of phenols is 1. The van der Waals surface area contributed by atoms with Crippen LogP contribution in [-0.2, 0) is 5.41 Å². The van der Waals surface area contributed by atoms with E-state index in [1.165, 1.54) is 0 Å². The second-order valence-electron chi connectivity index (χ2n) is 4.65. The van der Waals surface area contributed by atoms with Gasteiger partial charge in [0.15, 0.2) is 11.5 Å². The van der Waals surface area contributed by atoms with Gasteiger partial charge < -0.3 is 20.3 Å². The molecule has 0 unspecified atom stereocenters. The number of hydrogen-bond donors (Lipinski definition) is 2. The number of halogens is 1. The molecule has 0 spiro atoms. The van der Waals surface area contributed by atoms with Crippen LogP contribution in [0.25, 0.3) is 0 Å². The molecule has 0 aromatic heterocycles. The molecule has 0 atom stereocenters. The summed E-state index contributed by atoms with van der Waals surface area (Å²) in [6.45, 7) is 0.728. The van der Waals surface area contributed by atoms with E-state index in [2.05, 4.69) is 15.9 Å². The predicted octanol–water partition coefficient (Wildman–Crippen LogP) is 2.26. The number of aromatic hydroxyl groups is 1. The van der Waals surface area contributed by atoms with Gasteiger partial charge in [-0.3, -0.25) is 0 Å². The van der Waals surface area contributed by atoms with E-state index in [1.807, 2.05) is 0 Å². The fraction of sp³-hybridized carbons (Fsp3) is 0.500. The van der Waals surface area contributed by atoms with Crippen LogP contribution in [0.15, 0.2) is 10.5 Å². The molecule has 0 radical (unpaired) electrons. The van der Waals surface area contributed by atoms with E-state index in [9.17, 15) is 5.11 Å². The zero-order valence-corrected chi connectivity index (χ0v) is 10.9. The largest absolute Gasteiger partial charge is 0.506 e. The Labute approximate surface area is 108 Å². The van der Waals surface area contributed by atoms with Crippen LogP contribution >= 0.6 is 15.9 Å². The molecule has 1 heterocycles. The van der Waals surface area contributed by atoms with E-state index in [-0.39, 0.29) is 18.0 Å². The van der Waals surface area contributed by atoms with Crippen molar-refractivity contribution in [3.05, 3.63) is 16.1 Å². The summed E-state index contributed by atoms with van der Waals surface area (Å²) in [5.74, 6) is 1.58. The molecule has 17 heavy (non-hydrogen) atoms. The van der Waals surface area contributed by atoms with Crippen molar-refractivity contribution < 1.29 is 14.6 Å². The first-order chi connectivity index (χ1) is 8.18. The number of phenolic OH excluding ortho intramolecular Hbond substituents is 1. The molecule has 0 bridgehead atoms. The Kier molecular flexibility index (Phi) is 2.48. The molecule has 3 rings (SSSR count). The topological polar surface area (TPSA) is 64.7 Å². The first kappa shape index (κ1) is 11.2. The third-order valence-electron chi connectivity index (χ3n) is 3.82. The summed E-state index contributed by atoms with van der Waals surface area (Å²) in [7, 11) is 0. The van der Waals surface area contributed by atoms with Gasteiger partial charge in [-0.05, 0) is 28.8 Å². The van der Waals surface area contributed by atoms with Crippen molar-refractivity contribution in [2.75, 3.05) is 13.3 Å². The number of rotatable bonds is 2. The number of fused-ring (bicyclic) bond motifs is 1. The lowest BCUT2D eigenvalue weighted by Crippen LogP contribution is -2.41. The number of ether oxygens (including phenoxy) is 2. The van der Waals surface area contributed by atoms with Gasteiger partial charge in [-0.2, -0.15) is 0 Å². The van der Waals surface area contributed by atoms with Gasteiger partial charge in [-0.25, -0.2) is 0 Å². The minimum Gasteiger partial charge on any atom is -0.506 e.